The highest BCUT2D eigenvalue weighted by Gasteiger charge is 2.46. The lowest BCUT2D eigenvalue weighted by Crippen LogP contribution is -2.30. The minimum atomic E-state index is -0.717. The molecule has 2 aromatic carbocycles. The van der Waals surface area contributed by atoms with E-state index in [2.05, 4.69) is 22.9 Å². The van der Waals surface area contributed by atoms with Gasteiger partial charge < -0.3 is 19.5 Å². The molecule has 0 bridgehead atoms. The standard InChI is InChI=1S/C35H48BrNO5/c1-4-5-6-7-8-9-10-11-12-13-14-15-16-17-23-37-32(26-21-22-29(41-2)30(25-26)42-3)31(34(39)35(37)40)33(38)27-19-18-20-28(36)24-27/h18-22,24-25,32,38H,4-17,23H2,1-3H3/b33-31+. The van der Waals surface area contributed by atoms with Crippen LogP contribution < -0.4 is 9.47 Å². The van der Waals surface area contributed by atoms with Crippen LogP contribution in [0.4, 0.5) is 0 Å². The summed E-state index contributed by atoms with van der Waals surface area (Å²) in [6.45, 7) is 2.70. The number of Topliss-reactive ketones (excluding diaryl/α,β-unsaturated/α-hetero) is 1. The zero-order valence-electron chi connectivity index (χ0n) is 25.6. The van der Waals surface area contributed by atoms with Crippen molar-refractivity contribution in [3.8, 4) is 11.5 Å². The third-order valence-electron chi connectivity index (χ3n) is 8.11. The predicted octanol–water partition coefficient (Wildman–Crippen LogP) is 9.37. The predicted molar refractivity (Wildman–Crippen MR) is 173 cm³/mol. The quantitative estimate of drug-likeness (QED) is 0.0715. The first-order chi connectivity index (χ1) is 20.4. The smallest absolute Gasteiger partial charge is 0.295 e. The second kappa shape index (κ2) is 18.0. The maximum atomic E-state index is 13.3. The summed E-state index contributed by atoms with van der Waals surface area (Å²) in [5.74, 6) is -0.381. The number of hydrogen-bond acceptors (Lipinski definition) is 5. The van der Waals surface area contributed by atoms with Gasteiger partial charge >= 0.3 is 0 Å². The van der Waals surface area contributed by atoms with Gasteiger partial charge in [0.15, 0.2) is 11.5 Å². The van der Waals surface area contributed by atoms with Crippen molar-refractivity contribution in [3.63, 3.8) is 0 Å². The summed E-state index contributed by atoms with van der Waals surface area (Å²) in [5.41, 5.74) is 1.26. The first kappa shape index (κ1) is 33.7. The van der Waals surface area contributed by atoms with E-state index in [1.54, 1.807) is 49.5 Å². The lowest BCUT2D eigenvalue weighted by Gasteiger charge is -2.26. The number of aliphatic hydroxyl groups is 1. The maximum Gasteiger partial charge on any atom is 0.295 e. The topological polar surface area (TPSA) is 76.1 Å². The van der Waals surface area contributed by atoms with E-state index in [1.807, 2.05) is 12.1 Å². The Labute approximate surface area is 260 Å². The molecule has 1 N–H and O–H groups in total. The van der Waals surface area contributed by atoms with Crippen LogP contribution in [0.15, 0.2) is 52.5 Å². The number of benzene rings is 2. The molecular weight excluding hydrogens is 594 g/mol. The zero-order chi connectivity index (χ0) is 30.3. The Balaban J connectivity index is 1.62. The second-order valence-corrected chi connectivity index (χ2v) is 12.1. The van der Waals surface area contributed by atoms with Crippen molar-refractivity contribution in [2.75, 3.05) is 20.8 Å². The summed E-state index contributed by atoms with van der Waals surface area (Å²) in [7, 11) is 3.11. The van der Waals surface area contributed by atoms with Gasteiger partial charge in [-0.2, -0.15) is 0 Å². The molecular formula is C35H48BrNO5. The summed E-state index contributed by atoms with van der Waals surface area (Å²) in [4.78, 5) is 28.3. The Morgan fingerprint density at radius 1 is 0.786 bits per heavy atom. The van der Waals surface area contributed by atoms with Crippen LogP contribution in [0, 0.1) is 0 Å². The molecule has 1 saturated heterocycles. The largest absolute Gasteiger partial charge is 0.507 e. The molecule has 1 amide bonds. The number of ketones is 1. The fourth-order valence-electron chi connectivity index (χ4n) is 5.75. The number of carbonyl (C=O) groups excluding carboxylic acids is 2. The molecule has 3 rings (SSSR count). The first-order valence-electron chi connectivity index (χ1n) is 15.7. The minimum absolute atomic E-state index is 0.0932. The fraction of sp³-hybridized carbons (Fsp3) is 0.543. The molecule has 1 heterocycles. The van der Waals surface area contributed by atoms with Crippen molar-refractivity contribution >= 4 is 33.4 Å². The van der Waals surface area contributed by atoms with Gasteiger partial charge in [0, 0.05) is 16.6 Å². The third-order valence-corrected chi connectivity index (χ3v) is 8.61. The molecule has 1 fully saturated rings. The highest BCUT2D eigenvalue weighted by Crippen LogP contribution is 2.42. The van der Waals surface area contributed by atoms with E-state index >= 15 is 0 Å². The van der Waals surface area contributed by atoms with E-state index in [1.165, 1.54) is 70.6 Å². The molecule has 1 aliphatic rings. The first-order valence-corrected chi connectivity index (χ1v) is 16.5. The van der Waals surface area contributed by atoms with Crippen LogP contribution in [-0.4, -0.2) is 42.5 Å². The van der Waals surface area contributed by atoms with Gasteiger partial charge in [-0.3, -0.25) is 9.59 Å². The summed E-state index contributed by atoms with van der Waals surface area (Å²) >= 11 is 3.43. The molecule has 1 atom stereocenters. The molecule has 0 spiro atoms. The fourth-order valence-corrected chi connectivity index (χ4v) is 6.15. The molecule has 42 heavy (non-hydrogen) atoms. The summed E-state index contributed by atoms with van der Waals surface area (Å²) in [6.07, 6.45) is 17.5. The number of unbranched alkanes of at least 4 members (excludes halogenated alkanes) is 13. The third kappa shape index (κ3) is 9.35. The Morgan fingerprint density at radius 2 is 1.36 bits per heavy atom. The number of halogens is 1. The number of carbonyl (C=O) groups is 2. The Morgan fingerprint density at radius 3 is 1.90 bits per heavy atom. The van der Waals surface area contributed by atoms with Gasteiger partial charge in [-0.25, -0.2) is 0 Å². The molecule has 0 aromatic heterocycles. The second-order valence-electron chi connectivity index (χ2n) is 11.2. The zero-order valence-corrected chi connectivity index (χ0v) is 27.2. The molecule has 7 heteroatoms. The number of likely N-dealkylation sites (tertiary alicyclic amines) is 1. The van der Waals surface area contributed by atoms with Gasteiger partial charge in [0.2, 0.25) is 0 Å². The van der Waals surface area contributed by atoms with Gasteiger partial charge in [0.1, 0.15) is 5.76 Å². The monoisotopic (exact) mass is 641 g/mol. The van der Waals surface area contributed by atoms with Crippen molar-refractivity contribution in [1.29, 1.82) is 0 Å². The lowest BCUT2D eigenvalue weighted by molar-refractivity contribution is -0.139. The number of amides is 1. The van der Waals surface area contributed by atoms with Crippen LogP contribution in [0.1, 0.15) is 114 Å². The molecule has 1 unspecified atom stereocenters. The number of hydrogen-bond donors (Lipinski definition) is 1. The summed E-state index contributed by atoms with van der Waals surface area (Å²) in [5, 5.41) is 11.3. The average Bonchev–Trinajstić information content (AvgIpc) is 3.25. The van der Waals surface area contributed by atoms with E-state index in [0.717, 1.165) is 23.7 Å². The van der Waals surface area contributed by atoms with Gasteiger partial charge in [-0.05, 0) is 36.2 Å². The van der Waals surface area contributed by atoms with Crippen LogP contribution >= 0.6 is 15.9 Å². The van der Waals surface area contributed by atoms with Crippen LogP contribution in [0.25, 0.3) is 5.76 Å². The molecule has 2 aromatic rings. The average molecular weight is 643 g/mol. The molecule has 0 radical (unpaired) electrons. The van der Waals surface area contributed by atoms with Gasteiger partial charge in [0.25, 0.3) is 11.7 Å². The SMILES string of the molecule is CCCCCCCCCCCCCCCCN1C(=O)C(=O)/C(=C(/O)c2cccc(Br)c2)C1c1ccc(OC)c(OC)c1. The summed E-state index contributed by atoms with van der Waals surface area (Å²) < 4.78 is 11.7. The van der Waals surface area contributed by atoms with E-state index in [-0.39, 0.29) is 11.3 Å². The van der Waals surface area contributed by atoms with E-state index in [0.29, 0.717) is 29.2 Å². The van der Waals surface area contributed by atoms with Crippen LogP contribution in [0.5, 0.6) is 11.5 Å². The number of nitrogens with zero attached hydrogens (tertiary/aromatic N) is 1. The molecule has 1 aliphatic heterocycles. The lowest BCUT2D eigenvalue weighted by atomic mass is 9.95. The highest BCUT2D eigenvalue weighted by atomic mass is 79.9. The van der Waals surface area contributed by atoms with E-state index in [4.69, 9.17) is 9.47 Å². The van der Waals surface area contributed by atoms with Crippen LogP contribution in [0.2, 0.25) is 0 Å². The number of rotatable bonds is 19. The van der Waals surface area contributed by atoms with E-state index in [9.17, 15) is 14.7 Å². The van der Waals surface area contributed by atoms with Gasteiger partial charge in [-0.15, -0.1) is 0 Å². The van der Waals surface area contributed by atoms with Gasteiger partial charge in [-0.1, -0.05) is 125 Å². The normalized spacial score (nSPS) is 16.3. The van der Waals surface area contributed by atoms with Crippen molar-refractivity contribution in [2.24, 2.45) is 0 Å². The Kier molecular flexibility index (Phi) is 14.4. The van der Waals surface area contributed by atoms with Crippen LogP contribution in [-0.2, 0) is 9.59 Å². The number of aliphatic hydroxyl groups excluding tert-OH is 1. The molecule has 0 saturated carbocycles. The molecule has 6 nitrogen and oxygen atoms in total. The van der Waals surface area contributed by atoms with Crippen molar-refractivity contribution in [1.82, 2.24) is 4.90 Å². The minimum Gasteiger partial charge on any atom is -0.507 e. The highest BCUT2D eigenvalue weighted by molar-refractivity contribution is 9.10. The van der Waals surface area contributed by atoms with Crippen LogP contribution in [0.3, 0.4) is 0 Å². The maximum absolute atomic E-state index is 13.3. The number of methoxy groups -OCH3 is 2. The van der Waals surface area contributed by atoms with Crippen molar-refractivity contribution in [3.05, 3.63) is 63.6 Å². The summed E-state index contributed by atoms with van der Waals surface area (Å²) in [6, 6.07) is 11.7. The molecule has 0 aliphatic carbocycles. The van der Waals surface area contributed by atoms with Crippen molar-refractivity contribution < 1.29 is 24.2 Å². The van der Waals surface area contributed by atoms with E-state index < -0.39 is 17.7 Å². The van der Waals surface area contributed by atoms with Gasteiger partial charge in [0.05, 0.1) is 25.8 Å². The van der Waals surface area contributed by atoms with Crippen molar-refractivity contribution in [2.45, 2.75) is 103 Å². The molecule has 230 valence electrons. The Hall–Kier alpha value is -2.80. The Bertz CT molecular complexity index is 1190. The number of ether oxygens (including phenoxy) is 2.